The van der Waals surface area contributed by atoms with Crippen molar-refractivity contribution in [3.8, 4) is 11.5 Å². The van der Waals surface area contributed by atoms with E-state index in [1.165, 1.54) is 0 Å². The van der Waals surface area contributed by atoms with Crippen LogP contribution in [0.2, 0.25) is 0 Å². The summed E-state index contributed by atoms with van der Waals surface area (Å²) in [5.74, 6) is 1.55. The average Bonchev–Trinajstić information content (AvgIpc) is 2.35. The molecular weight excluding hydrogens is 250 g/mol. The van der Waals surface area contributed by atoms with Gasteiger partial charge in [-0.05, 0) is 30.5 Å². The van der Waals surface area contributed by atoms with Gasteiger partial charge in [0, 0.05) is 19.7 Å². The van der Waals surface area contributed by atoms with Crippen molar-refractivity contribution in [2.75, 3.05) is 27.8 Å². The summed E-state index contributed by atoms with van der Waals surface area (Å²) in [6, 6.07) is 3.81. The van der Waals surface area contributed by atoms with Crippen molar-refractivity contribution in [1.29, 1.82) is 0 Å². The highest BCUT2D eigenvalue weighted by Crippen LogP contribution is 2.28. The lowest BCUT2D eigenvalue weighted by atomic mass is 10.0. The first-order valence-corrected chi connectivity index (χ1v) is 6.09. The number of hydrogen-bond donors (Lipinski definition) is 1. The quantitative estimate of drug-likeness (QED) is 0.835. The van der Waals surface area contributed by atoms with Crippen LogP contribution in [0.4, 0.5) is 4.79 Å². The lowest BCUT2D eigenvalue weighted by molar-refractivity contribution is 0.234. The maximum atomic E-state index is 11.0. The Bertz CT molecular complexity index is 434. The third-order valence-electron chi connectivity index (χ3n) is 2.88. The molecule has 0 aromatic heterocycles. The van der Waals surface area contributed by atoms with Gasteiger partial charge in [-0.25, -0.2) is 0 Å². The molecule has 0 heterocycles. The number of hydrogen-bond acceptors (Lipinski definition) is 3. The first kappa shape index (κ1) is 14.7. The number of carbonyl (C=O) groups excluding carboxylic acids is 1. The van der Waals surface area contributed by atoms with Crippen LogP contribution in [0.15, 0.2) is 12.1 Å². The largest absolute Gasteiger partial charge is 0.497 e. The highest BCUT2D eigenvalue weighted by Gasteiger charge is 2.11. The number of likely N-dealkylation sites (N-methyl/N-ethyl adjacent to an activating group) is 1. The molecule has 0 radical (unpaired) electrons. The Kier molecular flexibility index (Phi) is 5.34. The lowest BCUT2D eigenvalue weighted by Gasteiger charge is -2.17. The minimum Gasteiger partial charge on any atom is -0.497 e. The molecule has 100 valence electrons. The fraction of sp³-hybridized carbons (Fsp3) is 0.462. The van der Waals surface area contributed by atoms with Gasteiger partial charge in [0.1, 0.15) is 11.5 Å². The number of methoxy groups -OCH3 is 2. The summed E-state index contributed by atoms with van der Waals surface area (Å²) in [6.45, 7) is 2.61. The molecule has 0 unspecified atom stereocenters. The summed E-state index contributed by atoms with van der Waals surface area (Å²) in [7, 11) is 4.98. The Morgan fingerprint density at radius 3 is 2.50 bits per heavy atom. The summed E-state index contributed by atoms with van der Waals surface area (Å²) in [5.41, 5.74) is 2.17. The van der Waals surface area contributed by atoms with Crippen LogP contribution in [0.3, 0.4) is 0 Å². The molecule has 0 aliphatic carbocycles. The van der Waals surface area contributed by atoms with Crippen LogP contribution in [0.5, 0.6) is 11.5 Å². The van der Waals surface area contributed by atoms with E-state index in [2.05, 4.69) is 12.6 Å². The molecule has 4 nitrogen and oxygen atoms in total. The second kappa shape index (κ2) is 6.54. The molecule has 1 rings (SSSR count). The van der Waals surface area contributed by atoms with Gasteiger partial charge in [-0.2, -0.15) is 0 Å². The topological polar surface area (TPSA) is 38.8 Å². The van der Waals surface area contributed by atoms with Crippen molar-refractivity contribution in [1.82, 2.24) is 4.90 Å². The van der Waals surface area contributed by atoms with Gasteiger partial charge in [0.15, 0.2) is 0 Å². The molecule has 0 saturated carbocycles. The highest BCUT2D eigenvalue weighted by atomic mass is 32.1. The van der Waals surface area contributed by atoms with E-state index in [-0.39, 0.29) is 5.24 Å². The molecule has 0 aliphatic rings. The monoisotopic (exact) mass is 269 g/mol. The summed E-state index contributed by atoms with van der Waals surface area (Å²) in [5, 5.41) is -0.236. The molecule has 0 N–H and O–H groups in total. The van der Waals surface area contributed by atoms with E-state index in [1.807, 2.05) is 19.1 Å². The minimum absolute atomic E-state index is 0.236. The Balaban J connectivity index is 2.90. The minimum atomic E-state index is -0.236. The van der Waals surface area contributed by atoms with Crippen LogP contribution in [-0.2, 0) is 6.42 Å². The van der Waals surface area contributed by atoms with E-state index in [0.29, 0.717) is 6.54 Å². The van der Waals surface area contributed by atoms with Gasteiger partial charge in [0.05, 0.1) is 14.2 Å². The normalized spacial score (nSPS) is 10.1. The van der Waals surface area contributed by atoms with Gasteiger partial charge < -0.3 is 14.4 Å². The SMILES string of the molecule is COc1cc(C)c(CCN(C)C(=O)S)c(OC)c1. The zero-order valence-corrected chi connectivity index (χ0v) is 12.1. The standard InChI is InChI=1S/C13H19NO3S/c1-9-7-10(16-3)8-12(17-4)11(9)5-6-14(2)13(15)18/h7-8H,5-6H2,1-4H3,(H,15,18). The van der Waals surface area contributed by atoms with E-state index in [0.717, 1.165) is 29.0 Å². The molecule has 5 heteroatoms. The maximum absolute atomic E-state index is 11.0. The fourth-order valence-corrected chi connectivity index (χ4v) is 1.85. The summed E-state index contributed by atoms with van der Waals surface area (Å²) in [6.07, 6.45) is 0.724. The van der Waals surface area contributed by atoms with Gasteiger partial charge >= 0.3 is 0 Å². The van der Waals surface area contributed by atoms with Crippen LogP contribution in [-0.4, -0.2) is 38.0 Å². The summed E-state index contributed by atoms with van der Waals surface area (Å²) in [4.78, 5) is 12.6. The average molecular weight is 269 g/mol. The second-order valence-corrected chi connectivity index (χ2v) is 4.46. The van der Waals surface area contributed by atoms with Crippen LogP contribution in [0, 0.1) is 6.92 Å². The zero-order chi connectivity index (χ0) is 13.7. The molecule has 0 bridgehead atoms. The van der Waals surface area contributed by atoms with Gasteiger partial charge in [-0.15, -0.1) is 0 Å². The first-order valence-electron chi connectivity index (χ1n) is 5.65. The van der Waals surface area contributed by atoms with Gasteiger partial charge in [-0.3, -0.25) is 4.79 Å². The Labute approximate surface area is 113 Å². The molecule has 0 spiro atoms. The molecule has 1 aromatic carbocycles. The van der Waals surface area contributed by atoms with Crippen LogP contribution < -0.4 is 9.47 Å². The smallest absolute Gasteiger partial charge is 0.278 e. The Hall–Kier alpha value is -1.36. The van der Waals surface area contributed by atoms with Crippen molar-refractivity contribution in [3.05, 3.63) is 23.3 Å². The van der Waals surface area contributed by atoms with Crippen LogP contribution >= 0.6 is 12.6 Å². The molecule has 1 amide bonds. The van der Waals surface area contributed by atoms with Crippen LogP contribution in [0.1, 0.15) is 11.1 Å². The van der Waals surface area contributed by atoms with E-state index in [4.69, 9.17) is 9.47 Å². The molecule has 1 aromatic rings. The Morgan fingerprint density at radius 1 is 1.33 bits per heavy atom. The first-order chi connectivity index (χ1) is 8.49. The molecule has 0 atom stereocenters. The molecular formula is C13H19NO3S. The molecule has 0 fully saturated rings. The summed E-state index contributed by atoms with van der Waals surface area (Å²) < 4.78 is 10.6. The molecule has 0 saturated heterocycles. The van der Waals surface area contributed by atoms with Crippen molar-refractivity contribution in [2.24, 2.45) is 0 Å². The predicted octanol–water partition coefficient (Wildman–Crippen LogP) is 2.54. The van der Waals surface area contributed by atoms with Crippen molar-refractivity contribution in [3.63, 3.8) is 0 Å². The number of rotatable bonds is 5. The molecule has 0 aliphatic heterocycles. The highest BCUT2D eigenvalue weighted by molar-refractivity contribution is 7.96. The zero-order valence-electron chi connectivity index (χ0n) is 11.2. The van der Waals surface area contributed by atoms with Gasteiger partial charge in [-0.1, -0.05) is 12.6 Å². The van der Waals surface area contributed by atoms with E-state index < -0.39 is 0 Å². The fourth-order valence-electron chi connectivity index (χ4n) is 1.75. The number of aryl methyl sites for hydroxylation is 1. The van der Waals surface area contributed by atoms with Crippen molar-refractivity contribution >= 4 is 17.9 Å². The maximum Gasteiger partial charge on any atom is 0.278 e. The number of nitrogens with zero attached hydrogens (tertiary/aromatic N) is 1. The third-order valence-corrected chi connectivity index (χ3v) is 3.23. The predicted molar refractivity (Wildman–Crippen MR) is 75.0 cm³/mol. The van der Waals surface area contributed by atoms with E-state index in [9.17, 15) is 4.79 Å². The van der Waals surface area contributed by atoms with Crippen molar-refractivity contribution < 1.29 is 14.3 Å². The number of thiol groups is 1. The van der Waals surface area contributed by atoms with Gasteiger partial charge in [0.2, 0.25) is 0 Å². The van der Waals surface area contributed by atoms with E-state index in [1.54, 1.807) is 26.2 Å². The second-order valence-electron chi connectivity index (χ2n) is 4.08. The Morgan fingerprint density at radius 2 is 2.00 bits per heavy atom. The number of carbonyl (C=O) groups is 1. The number of ether oxygens (including phenoxy) is 2. The number of benzene rings is 1. The van der Waals surface area contributed by atoms with Gasteiger partial charge in [0.25, 0.3) is 5.24 Å². The molecule has 18 heavy (non-hydrogen) atoms. The van der Waals surface area contributed by atoms with E-state index >= 15 is 0 Å². The lowest BCUT2D eigenvalue weighted by Crippen LogP contribution is -2.23. The third kappa shape index (κ3) is 3.57. The van der Waals surface area contributed by atoms with Crippen molar-refractivity contribution in [2.45, 2.75) is 13.3 Å². The van der Waals surface area contributed by atoms with Crippen LogP contribution in [0.25, 0.3) is 0 Å². The summed E-state index contributed by atoms with van der Waals surface area (Å²) >= 11 is 3.78. The number of amides is 1.